The first-order chi connectivity index (χ1) is 11.4. The number of carbonyl (C=O) groups is 3. The van der Waals surface area contributed by atoms with Crippen LogP contribution in [-0.2, 0) is 4.79 Å². The van der Waals surface area contributed by atoms with Crippen LogP contribution in [0.4, 0.5) is 5.69 Å². The molecule has 0 radical (unpaired) electrons. The van der Waals surface area contributed by atoms with Crippen molar-refractivity contribution in [3.63, 3.8) is 0 Å². The molecule has 0 fully saturated rings. The van der Waals surface area contributed by atoms with Crippen LogP contribution in [0, 0.1) is 0 Å². The summed E-state index contributed by atoms with van der Waals surface area (Å²) in [5.74, 6) is -1.76. The minimum atomic E-state index is -1.15. The largest absolute Gasteiger partial charge is 0.478 e. The number of carbonyl (C=O) groups excluding carboxylic acids is 2. The van der Waals surface area contributed by atoms with Crippen molar-refractivity contribution < 1.29 is 19.5 Å². The summed E-state index contributed by atoms with van der Waals surface area (Å²) in [5, 5.41) is 12.2. The Labute approximate surface area is 151 Å². The van der Waals surface area contributed by atoms with Crippen molar-refractivity contribution in [3.05, 3.63) is 63.1 Å². The summed E-state index contributed by atoms with van der Waals surface area (Å²) in [6, 6.07) is 10.9. The van der Waals surface area contributed by atoms with Gasteiger partial charge >= 0.3 is 5.97 Å². The summed E-state index contributed by atoms with van der Waals surface area (Å²) in [6.07, 6.45) is -0.0248. The molecule has 0 heterocycles. The van der Waals surface area contributed by atoms with Gasteiger partial charge in [-0.1, -0.05) is 27.5 Å². The Balaban J connectivity index is 1.98. The second-order valence-corrected chi connectivity index (χ2v) is 6.33. The lowest BCUT2D eigenvalue weighted by atomic mass is 10.1. The standard InChI is InChI=1S/C17H13BrClNO4/c18-11-3-6-14(13(9-11)17(23)24)20-16(22)8-7-15(21)10-1-4-12(19)5-2-10/h1-6,9H,7-8H2,(H,20,22)(H,23,24). The van der Waals surface area contributed by atoms with Crippen molar-refractivity contribution in [2.75, 3.05) is 5.32 Å². The molecule has 0 atom stereocenters. The van der Waals surface area contributed by atoms with E-state index in [-0.39, 0.29) is 29.9 Å². The zero-order valence-electron chi connectivity index (χ0n) is 12.4. The molecular formula is C17H13BrClNO4. The highest BCUT2D eigenvalue weighted by Gasteiger charge is 2.14. The van der Waals surface area contributed by atoms with Crippen LogP contribution >= 0.6 is 27.5 Å². The van der Waals surface area contributed by atoms with Crippen LogP contribution in [0.15, 0.2) is 46.9 Å². The van der Waals surface area contributed by atoms with E-state index in [1.165, 1.54) is 12.1 Å². The molecule has 24 heavy (non-hydrogen) atoms. The minimum absolute atomic E-state index is 0.0202. The van der Waals surface area contributed by atoms with E-state index >= 15 is 0 Å². The lowest BCUT2D eigenvalue weighted by Crippen LogP contribution is -2.16. The van der Waals surface area contributed by atoms with Crippen LogP contribution in [0.2, 0.25) is 5.02 Å². The van der Waals surface area contributed by atoms with Gasteiger partial charge in [0.1, 0.15) is 0 Å². The Morgan fingerprint density at radius 1 is 1.04 bits per heavy atom. The van der Waals surface area contributed by atoms with Crippen LogP contribution in [0.25, 0.3) is 0 Å². The monoisotopic (exact) mass is 409 g/mol. The summed E-state index contributed by atoms with van der Waals surface area (Å²) < 4.78 is 0.593. The first-order valence-corrected chi connectivity index (χ1v) is 8.15. The van der Waals surface area contributed by atoms with Crippen molar-refractivity contribution >= 4 is 50.9 Å². The number of Topliss-reactive ketones (excluding diaryl/α,β-unsaturated/α-hetero) is 1. The predicted molar refractivity (Wildman–Crippen MR) is 94.7 cm³/mol. The van der Waals surface area contributed by atoms with E-state index < -0.39 is 11.9 Å². The van der Waals surface area contributed by atoms with E-state index in [2.05, 4.69) is 21.2 Å². The highest BCUT2D eigenvalue weighted by Crippen LogP contribution is 2.21. The van der Waals surface area contributed by atoms with Crippen molar-refractivity contribution in [2.24, 2.45) is 0 Å². The van der Waals surface area contributed by atoms with Gasteiger partial charge in [0.2, 0.25) is 5.91 Å². The fourth-order valence-electron chi connectivity index (χ4n) is 2.02. The number of hydrogen-bond donors (Lipinski definition) is 2. The van der Waals surface area contributed by atoms with Gasteiger partial charge in [0, 0.05) is 27.9 Å². The molecule has 0 aromatic heterocycles. The molecule has 0 saturated carbocycles. The highest BCUT2D eigenvalue weighted by atomic mass is 79.9. The van der Waals surface area contributed by atoms with E-state index in [1.54, 1.807) is 30.3 Å². The number of rotatable bonds is 6. The average Bonchev–Trinajstić information content (AvgIpc) is 2.54. The van der Waals surface area contributed by atoms with Crippen LogP contribution in [-0.4, -0.2) is 22.8 Å². The third-order valence-electron chi connectivity index (χ3n) is 3.23. The number of amides is 1. The molecule has 7 heteroatoms. The molecule has 0 bridgehead atoms. The molecule has 0 spiro atoms. The smallest absolute Gasteiger partial charge is 0.337 e. The van der Waals surface area contributed by atoms with Gasteiger partial charge in [0.25, 0.3) is 0 Å². The molecule has 0 unspecified atom stereocenters. The van der Waals surface area contributed by atoms with E-state index in [0.717, 1.165) is 0 Å². The zero-order chi connectivity index (χ0) is 17.7. The maximum Gasteiger partial charge on any atom is 0.337 e. The number of hydrogen-bond acceptors (Lipinski definition) is 3. The molecule has 0 saturated heterocycles. The topological polar surface area (TPSA) is 83.5 Å². The molecule has 2 aromatic rings. The fourth-order valence-corrected chi connectivity index (χ4v) is 2.51. The van der Waals surface area contributed by atoms with Crippen molar-refractivity contribution in [1.29, 1.82) is 0 Å². The zero-order valence-corrected chi connectivity index (χ0v) is 14.7. The molecule has 0 aliphatic heterocycles. The summed E-state index contributed by atoms with van der Waals surface area (Å²) in [7, 11) is 0. The summed E-state index contributed by atoms with van der Waals surface area (Å²) in [4.78, 5) is 35.2. The third-order valence-corrected chi connectivity index (χ3v) is 3.98. The van der Waals surface area contributed by atoms with E-state index in [4.69, 9.17) is 16.7 Å². The number of anilines is 1. The fraction of sp³-hybridized carbons (Fsp3) is 0.118. The number of benzene rings is 2. The maximum absolute atomic E-state index is 12.0. The number of ketones is 1. The van der Waals surface area contributed by atoms with E-state index in [0.29, 0.717) is 15.1 Å². The molecular weight excluding hydrogens is 398 g/mol. The van der Waals surface area contributed by atoms with E-state index in [1.807, 2.05) is 0 Å². The lowest BCUT2D eigenvalue weighted by molar-refractivity contribution is -0.116. The van der Waals surface area contributed by atoms with Gasteiger partial charge in [-0.25, -0.2) is 4.79 Å². The van der Waals surface area contributed by atoms with Crippen LogP contribution in [0.3, 0.4) is 0 Å². The van der Waals surface area contributed by atoms with Crippen LogP contribution in [0.5, 0.6) is 0 Å². The Morgan fingerprint density at radius 3 is 2.33 bits per heavy atom. The molecule has 0 aliphatic carbocycles. The number of halogens is 2. The SMILES string of the molecule is O=C(CCC(=O)c1ccc(Cl)cc1)Nc1ccc(Br)cc1C(=O)O. The van der Waals surface area contributed by atoms with Gasteiger partial charge < -0.3 is 10.4 Å². The van der Waals surface area contributed by atoms with Crippen molar-refractivity contribution in [2.45, 2.75) is 12.8 Å². The van der Waals surface area contributed by atoms with Gasteiger partial charge in [-0.15, -0.1) is 0 Å². The van der Waals surface area contributed by atoms with Gasteiger partial charge in [0.15, 0.2) is 5.78 Å². The Bertz CT molecular complexity index is 790. The number of nitrogens with one attached hydrogen (secondary N) is 1. The van der Waals surface area contributed by atoms with Crippen molar-refractivity contribution in [1.82, 2.24) is 0 Å². The average molecular weight is 411 g/mol. The molecule has 1 amide bonds. The Morgan fingerprint density at radius 2 is 1.71 bits per heavy atom. The van der Waals surface area contributed by atoms with Gasteiger partial charge in [-0.05, 0) is 42.5 Å². The molecule has 124 valence electrons. The van der Waals surface area contributed by atoms with Gasteiger partial charge in [-0.3, -0.25) is 9.59 Å². The number of carboxylic acids is 1. The highest BCUT2D eigenvalue weighted by molar-refractivity contribution is 9.10. The number of aromatic carboxylic acids is 1. The molecule has 0 aliphatic rings. The van der Waals surface area contributed by atoms with Crippen molar-refractivity contribution in [3.8, 4) is 0 Å². The number of carboxylic acid groups (broad SMARTS) is 1. The predicted octanol–water partition coefficient (Wildman–Crippen LogP) is 4.40. The van der Waals surface area contributed by atoms with Gasteiger partial charge in [-0.2, -0.15) is 0 Å². The molecule has 5 nitrogen and oxygen atoms in total. The van der Waals surface area contributed by atoms with Crippen LogP contribution in [0.1, 0.15) is 33.6 Å². The molecule has 2 N–H and O–H groups in total. The summed E-state index contributed by atoms with van der Waals surface area (Å²) in [6.45, 7) is 0. The summed E-state index contributed by atoms with van der Waals surface area (Å²) in [5.41, 5.74) is 0.637. The van der Waals surface area contributed by atoms with Crippen LogP contribution < -0.4 is 5.32 Å². The second-order valence-electron chi connectivity index (χ2n) is 4.97. The molecule has 2 rings (SSSR count). The quantitative estimate of drug-likeness (QED) is 0.691. The Hall–Kier alpha value is -2.18. The minimum Gasteiger partial charge on any atom is -0.478 e. The normalized spacial score (nSPS) is 10.2. The first-order valence-electron chi connectivity index (χ1n) is 6.98. The van der Waals surface area contributed by atoms with E-state index in [9.17, 15) is 14.4 Å². The first kappa shape index (κ1) is 18.2. The summed E-state index contributed by atoms with van der Waals surface area (Å²) >= 11 is 8.94. The van der Waals surface area contributed by atoms with Gasteiger partial charge in [0.05, 0.1) is 11.3 Å². The maximum atomic E-state index is 12.0. The lowest BCUT2D eigenvalue weighted by Gasteiger charge is -2.09. The second kappa shape index (κ2) is 8.08. The Kier molecular flexibility index (Phi) is 6.11. The third kappa shape index (κ3) is 4.91. The molecule has 2 aromatic carbocycles.